The Bertz CT molecular complexity index is 171. The molecular weight excluding hydrogens is 194 g/mol. The Morgan fingerprint density at radius 3 is 2.79 bits per heavy atom. The van der Waals surface area contributed by atoms with Gasteiger partial charge >= 0.3 is 0 Å². The van der Waals surface area contributed by atoms with E-state index in [1.807, 2.05) is 0 Å². The summed E-state index contributed by atoms with van der Waals surface area (Å²) in [6, 6.07) is 0. The molecule has 0 amide bonds. The lowest BCUT2D eigenvalue weighted by molar-refractivity contribution is 0.131. The maximum atomic E-state index is 9.64. The smallest absolute Gasteiger partial charge is 0.0580 e. The van der Waals surface area contributed by atoms with Crippen LogP contribution in [0.1, 0.15) is 25.7 Å². The van der Waals surface area contributed by atoms with Crippen LogP contribution < -0.4 is 5.32 Å². The predicted molar refractivity (Wildman–Crippen MR) is 61.6 cm³/mol. The molecule has 14 heavy (non-hydrogen) atoms. The Balaban J connectivity index is 1.57. The van der Waals surface area contributed by atoms with Gasteiger partial charge in [0.1, 0.15) is 0 Å². The lowest BCUT2D eigenvalue weighted by Crippen LogP contribution is -2.31. The summed E-state index contributed by atoms with van der Waals surface area (Å²) < 4.78 is 0. The van der Waals surface area contributed by atoms with E-state index in [4.69, 9.17) is 0 Å². The molecule has 2 aliphatic rings. The Labute approximate surface area is 90.8 Å². The molecular formula is C11H21NOS. The van der Waals surface area contributed by atoms with Gasteiger partial charge in [-0.2, -0.15) is 11.8 Å². The van der Waals surface area contributed by atoms with Crippen LogP contribution in [0.5, 0.6) is 0 Å². The zero-order chi connectivity index (χ0) is 9.80. The van der Waals surface area contributed by atoms with E-state index in [0.29, 0.717) is 5.92 Å². The fraction of sp³-hybridized carbons (Fsp3) is 1.00. The summed E-state index contributed by atoms with van der Waals surface area (Å²) in [5.41, 5.74) is 0. The first kappa shape index (κ1) is 10.8. The van der Waals surface area contributed by atoms with Crippen molar-refractivity contribution >= 4 is 11.8 Å². The first-order valence-electron chi connectivity index (χ1n) is 5.83. The topological polar surface area (TPSA) is 32.3 Å². The Morgan fingerprint density at radius 2 is 2.14 bits per heavy atom. The standard InChI is InChI=1S/C11H21NOS/c13-11-3-1-2-10(11)7-12-6-9-4-5-14-8-9/h9-13H,1-8H2. The van der Waals surface area contributed by atoms with E-state index in [1.165, 1.54) is 30.8 Å². The molecule has 2 rings (SSSR count). The van der Waals surface area contributed by atoms with Crippen molar-refractivity contribution in [1.29, 1.82) is 0 Å². The highest BCUT2D eigenvalue weighted by molar-refractivity contribution is 7.99. The third-order valence-corrected chi connectivity index (χ3v) is 4.71. The molecule has 2 fully saturated rings. The van der Waals surface area contributed by atoms with Crippen molar-refractivity contribution < 1.29 is 5.11 Å². The molecule has 1 aliphatic heterocycles. The molecule has 0 bridgehead atoms. The van der Waals surface area contributed by atoms with Crippen LogP contribution in [0, 0.1) is 11.8 Å². The fourth-order valence-electron chi connectivity index (χ4n) is 2.47. The molecule has 1 heterocycles. The second-order valence-corrected chi connectivity index (χ2v) is 5.80. The summed E-state index contributed by atoms with van der Waals surface area (Å²) in [7, 11) is 0. The highest BCUT2D eigenvalue weighted by Crippen LogP contribution is 2.25. The quantitative estimate of drug-likeness (QED) is 0.745. The summed E-state index contributed by atoms with van der Waals surface area (Å²) in [5.74, 6) is 4.10. The van der Waals surface area contributed by atoms with E-state index in [9.17, 15) is 5.11 Å². The molecule has 3 atom stereocenters. The Kier molecular flexibility index (Phi) is 4.14. The van der Waals surface area contributed by atoms with Gasteiger partial charge in [0, 0.05) is 6.54 Å². The van der Waals surface area contributed by atoms with Crippen LogP contribution in [0.4, 0.5) is 0 Å². The molecule has 0 radical (unpaired) electrons. The lowest BCUT2D eigenvalue weighted by atomic mass is 10.1. The highest BCUT2D eigenvalue weighted by atomic mass is 32.2. The Morgan fingerprint density at radius 1 is 1.21 bits per heavy atom. The molecule has 2 N–H and O–H groups in total. The van der Waals surface area contributed by atoms with Gasteiger partial charge in [0.15, 0.2) is 0 Å². The maximum Gasteiger partial charge on any atom is 0.0580 e. The highest BCUT2D eigenvalue weighted by Gasteiger charge is 2.25. The van der Waals surface area contributed by atoms with E-state index < -0.39 is 0 Å². The van der Waals surface area contributed by atoms with E-state index >= 15 is 0 Å². The van der Waals surface area contributed by atoms with Crippen molar-refractivity contribution in [3.8, 4) is 0 Å². The number of thioether (sulfide) groups is 1. The molecule has 1 aliphatic carbocycles. The van der Waals surface area contributed by atoms with E-state index in [-0.39, 0.29) is 6.10 Å². The molecule has 2 nitrogen and oxygen atoms in total. The third-order valence-electron chi connectivity index (χ3n) is 3.48. The zero-order valence-electron chi connectivity index (χ0n) is 8.74. The van der Waals surface area contributed by atoms with Crippen LogP contribution in [-0.2, 0) is 0 Å². The molecule has 82 valence electrons. The molecule has 0 spiro atoms. The van der Waals surface area contributed by atoms with Crippen LogP contribution in [-0.4, -0.2) is 35.8 Å². The monoisotopic (exact) mass is 215 g/mol. The van der Waals surface area contributed by atoms with E-state index in [2.05, 4.69) is 17.1 Å². The number of rotatable bonds is 4. The molecule has 1 saturated carbocycles. The van der Waals surface area contributed by atoms with Crippen LogP contribution >= 0.6 is 11.8 Å². The summed E-state index contributed by atoms with van der Waals surface area (Å²) in [4.78, 5) is 0. The summed E-state index contributed by atoms with van der Waals surface area (Å²) in [6.07, 6.45) is 4.80. The van der Waals surface area contributed by atoms with Crippen molar-refractivity contribution in [1.82, 2.24) is 5.32 Å². The number of aliphatic hydroxyl groups excluding tert-OH is 1. The van der Waals surface area contributed by atoms with Crippen molar-refractivity contribution in [2.24, 2.45) is 11.8 Å². The van der Waals surface area contributed by atoms with Gasteiger partial charge in [0.25, 0.3) is 0 Å². The molecule has 0 aromatic heterocycles. The van der Waals surface area contributed by atoms with Crippen LogP contribution in [0.15, 0.2) is 0 Å². The van der Waals surface area contributed by atoms with Gasteiger partial charge in [0.05, 0.1) is 6.10 Å². The van der Waals surface area contributed by atoms with Crippen molar-refractivity contribution in [2.75, 3.05) is 24.6 Å². The minimum absolute atomic E-state index is 0.0274. The minimum atomic E-state index is -0.0274. The first-order chi connectivity index (χ1) is 6.86. The second kappa shape index (κ2) is 5.38. The first-order valence-corrected chi connectivity index (χ1v) is 6.98. The number of aliphatic hydroxyl groups is 1. The van der Waals surface area contributed by atoms with Gasteiger partial charge in [-0.1, -0.05) is 6.42 Å². The summed E-state index contributed by atoms with van der Waals surface area (Å²) in [6.45, 7) is 2.19. The zero-order valence-corrected chi connectivity index (χ0v) is 9.56. The average molecular weight is 215 g/mol. The lowest BCUT2D eigenvalue weighted by Gasteiger charge is -2.16. The van der Waals surface area contributed by atoms with Gasteiger partial charge in [0.2, 0.25) is 0 Å². The van der Waals surface area contributed by atoms with Crippen LogP contribution in [0.25, 0.3) is 0 Å². The van der Waals surface area contributed by atoms with Crippen molar-refractivity contribution in [3.05, 3.63) is 0 Å². The minimum Gasteiger partial charge on any atom is -0.393 e. The predicted octanol–water partition coefficient (Wildman–Crippen LogP) is 1.49. The largest absolute Gasteiger partial charge is 0.393 e. The van der Waals surface area contributed by atoms with E-state index in [1.54, 1.807) is 0 Å². The number of hydrogen-bond donors (Lipinski definition) is 2. The summed E-state index contributed by atoms with van der Waals surface area (Å²) in [5, 5.41) is 13.2. The van der Waals surface area contributed by atoms with Crippen LogP contribution in [0.2, 0.25) is 0 Å². The number of hydrogen-bond acceptors (Lipinski definition) is 3. The normalized spacial score (nSPS) is 37.9. The van der Waals surface area contributed by atoms with Gasteiger partial charge < -0.3 is 10.4 Å². The van der Waals surface area contributed by atoms with Crippen LogP contribution in [0.3, 0.4) is 0 Å². The fourth-order valence-corrected chi connectivity index (χ4v) is 3.76. The second-order valence-electron chi connectivity index (χ2n) is 4.65. The van der Waals surface area contributed by atoms with Gasteiger partial charge in [-0.15, -0.1) is 0 Å². The Hall–Kier alpha value is 0.270. The number of nitrogens with one attached hydrogen (secondary N) is 1. The van der Waals surface area contributed by atoms with Gasteiger partial charge in [-0.25, -0.2) is 0 Å². The third kappa shape index (κ3) is 2.88. The summed E-state index contributed by atoms with van der Waals surface area (Å²) >= 11 is 2.08. The van der Waals surface area contributed by atoms with Crippen molar-refractivity contribution in [2.45, 2.75) is 31.8 Å². The SMILES string of the molecule is OC1CCCC1CNCC1CCSC1. The molecule has 0 aromatic rings. The average Bonchev–Trinajstić information content (AvgIpc) is 2.78. The molecule has 0 aromatic carbocycles. The van der Waals surface area contributed by atoms with Gasteiger partial charge in [-0.05, 0) is 49.1 Å². The molecule has 1 saturated heterocycles. The maximum absolute atomic E-state index is 9.64. The van der Waals surface area contributed by atoms with Crippen molar-refractivity contribution in [3.63, 3.8) is 0 Å². The molecule has 3 unspecified atom stereocenters. The molecule has 3 heteroatoms. The van der Waals surface area contributed by atoms with E-state index in [0.717, 1.165) is 25.4 Å². The van der Waals surface area contributed by atoms with Gasteiger partial charge in [-0.3, -0.25) is 0 Å².